The maximum atomic E-state index is 10.6. The lowest BCUT2D eigenvalue weighted by molar-refractivity contribution is -0.384. The summed E-state index contributed by atoms with van der Waals surface area (Å²) in [6.45, 7) is 2.76. The molecule has 1 atom stereocenters. The highest BCUT2D eigenvalue weighted by Crippen LogP contribution is 2.19. The minimum absolute atomic E-state index is 0.0657. The van der Waals surface area contributed by atoms with Crippen molar-refractivity contribution in [1.29, 1.82) is 0 Å². The van der Waals surface area contributed by atoms with Gasteiger partial charge in [-0.2, -0.15) is 0 Å². The maximum Gasteiger partial charge on any atom is 0.273 e. The zero-order chi connectivity index (χ0) is 12.7. The van der Waals surface area contributed by atoms with E-state index in [1.807, 2.05) is 0 Å². The van der Waals surface area contributed by atoms with Crippen molar-refractivity contribution in [2.45, 2.75) is 19.8 Å². The molecule has 0 saturated carbocycles. The Hall–Kier alpha value is -1.10. The van der Waals surface area contributed by atoms with Crippen LogP contribution in [0.25, 0.3) is 0 Å². The predicted molar refractivity (Wildman–Crippen MR) is 70.8 cm³/mol. The molecule has 0 fully saturated rings. The molecule has 1 unspecified atom stereocenters. The largest absolute Gasteiger partial charge is 0.493 e. The van der Waals surface area contributed by atoms with Crippen LogP contribution in [0.5, 0.6) is 5.75 Å². The van der Waals surface area contributed by atoms with Crippen molar-refractivity contribution in [3.8, 4) is 5.75 Å². The van der Waals surface area contributed by atoms with Crippen molar-refractivity contribution >= 4 is 21.6 Å². The second kappa shape index (κ2) is 7.27. The second-order valence-electron chi connectivity index (χ2n) is 3.97. The average Bonchev–Trinajstić information content (AvgIpc) is 2.30. The molecule has 5 heteroatoms. The maximum absolute atomic E-state index is 10.6. The fraction of sp³-hybridized carbons (Fsp3) is 0.500. The second-order valence-corrected chi connectivity index (χ2v) is 4.77. The summed E-state index contributed by atoms with van der Waals surface area (Å²) < 4.78 is 5.49. The number of rotatable bonds is 7. The normalized spacial score (nSPS) is 12.1. The summed E-state index contributed by atoms with van der Waals surface area (Å²) in [6, 6.07) is 6.28. The Kier molecular flexibility index (Phi) is 5.97. The van der Waals surface area contributed by atoms with Gasteiger partial charge in [-0.1, -0.05) is 28.9 Å². The lowest BCUT2D eigenvalue weighted by atomic mass is 10.1. The third kappa shape index (κ3) is 5.17. The zero-order valence-electron chi connectivity index (χ0n) is 9.77. The molecular formula is C12H16BrNO3. The van der Waals surface area contributed by atoms with E-state index in [2.05, 4.69) is 22.9 Å². The van der Waals surface area contributed by atoms with Gasteiger partial charge in [0, 0.05) is 11.4 Å². The van der Waals surface area contributed by atoms with Gasteiger partial charge in [-0.3, -0.25) is 10.1 Å². The molecule has 1 aromatic carbocycles. The highest BCUT2D eigenvalue weighted by molar-refractivity contribution is 9.09. The van der Waals surface area contributed by atoms with Gasteiger partial charge in [0.2, 0.25) is 0 Å². The Labute approximate surface area is 109 Å². The number of benzene rings is 1. The zero-order valence-corrected chi connectivity index (χ0v) is 11.4. The fourth-order valence-electron chi connectivity index (χ4n) is 1.40. The van der Waals surface area contributed by atoms with Crippen LogP contribution < -0.4 is 4.74 Å². The van der Waals surface area contributed by atoms with E-state index in [1.165, 1.54) is 12.1 Å². The lowest BCUT2D eigenvalue weighted by Gasteiger charge is -2.10. The van der Waals surface area contributed by atoms with E-state index in [-0.39, 0.29) is 5.69 Å². The van der Waals surface area contributed by atoms with Crippen molar-refractivity contribution in [3.05, 3.63) is 34.4 Å². The number of alkyl halides is 1. The van der Waals surface area contributed by atoms with Gasteiger partial charge >= 0.3 is 0 Å². The molecule has 0 spiro atoms. The van der Waals surface area contributed by atoms with Crippen LogP contribution in [-0.4, -0.2) is 16.9 Å². The molecule has 0 aliphatic rings. The first-order chi connectivity index (χ1) is 8.13. The molecule has 0 aromatic heterocycles. The third-order valence-electron chi connectivity index (χ3n) is 2.51. The quantitative estimate of drug-likeness (QED) is 0.437. The Morgan fingerprint density at radius 2 is 2.24 bits per heavy atom. The number of hydrogen-bond donors (Lipinski definition) is 0. The number of non-ortho nitro benzene ring substituents is 1. The first kappa shape index (κ1) is 14.0. The molecular weight excluding hydrogens is 286 g/mol. The Morgan fingerprint density at radius 3 is 2.88 bits per heavy atom. The van der Waals surface area contributed by atoms with E-state index < -0.39 is 4.92 Å². The van der Waals surface area contributed by atoms with E-state index in [4.69, 9.17) is 4.74 Å². The van der Waals surface area contributed by atoms with Gasteiger partial charge in [-0.25, -0.2) is 0 Å². The smallest absolute Gasteiger partial charge is 0.273 e. The van der Waals surface area contributed by atoms with Crippen LogP contribution in [0, 0.1) is 16.0 Å². The number of halogens is 1. The molecule has 0 heterocycles. The van der Waals surface area contributed by atoms with Crippen LogP contribution in [-0.2, 0) is 0 Å². The first-order valence-corrected chi connectivity index (χ1v) is 6.69. The van der Waals surface area contributed by atoms with Crippen LogP contribution in [0.4, 0.5) is 5.69 Å². The summed E-state index contributed by atoms with van der Waals surface area (Å²) in [5.41, 5.74) is 0.0657. The number of nitro groups is 1. The molecule has 0 amide bonds. The summed E-state index contributed by atoms with van der Waals surface area (Å²) in [6.07, 6.45) is 2.06. The van der Waals surface area contributed by atoms with Crippen LogP contribution >= 0.6 is 15.9 Å². The van der Waals surface area contributed by atoms with E-state index in [9.17, 15) is 10.1 Å². The molecule has 0 bridgehead atoms. The minimum Gasteiger partial charge on any atom is -0.493 e. The molecule has 4 nitrogen and oxygen atoms in total. The van der Waals surface area contributed by atoms with Crippen LogP contribution in [0.1, 0.15) is 19.8 Å². The Morgan fingerprint density at radius 1 is 1.47 bits per heavy atom. The average molecular weight is 302 g/mol. The number of nitro benzene ring substituents is 1. The van der Waals surface area contributed by atoms with Gasteiger partial charge in [0.15, 0.2) is 0 Å². The topological polar surface area (TPSA) is 52.4 Å². The van der Waals surface area contributed by atoms with Gasteiger partial charge in [0.25, 0.3) is 5.69 Å². The highest BCUT2D eigenvalue weighted by atomic mass is 79.9. The molecule has 1 aromatic rings. The molecule has 0 saturated heterocycles. The van der Waals surface area contributed by atoms with Gasteiger partial charge < -0.3 is 4.74 Å². The van der Waals surface area contributed by atoms with Crippen molar-refractivity contribution in [2.75, 3.05) is 11.9 Å². The minimum atomic E-state index is -0.416. The first-order valence-electron chi connectivity index (χ1n) is 5.56. The third-order valence-corrected chi connectivity index (χ3v) is 2.97. The summed E-state index contributed by atoms with van der Waals surface area (Å²) in [4.78, 5) is 10.1. The van der Waals surface area contributed by atoms with Gasteiger partial charge in [-0.15, -0.1) is 0 Å². The van der Waals surface area contributed by atoms with Crippen molar-refractivity contribution in [2.24, 2.45) is 5.92 Å². The van der Waals surface area contributed by atoms with E-state index in [1.54, 1.807) is 12.1 Å². The van der Waals surface area contributed by atoms with Gasteiger partial charge in [0.1, 0.15) is 5.75 Å². The summed E-state index contributed by atoms with van der Waals surface area (Å²) in [5, 5.41) is 11.6. The van der Waals surface area contributed by atoms with E-state index in [0.717, 1.165) is 18.2 Å². The van der Waals surface area contributed by atoms with Crippen molar-refractivity contribution in [1.82, 2.24) is 0 Å². The fourth-order valence-corrected chi connectivity index (χ4v) is 2.18. The molecule has 1 rings (SSSR count). The molecule has 17 heavy (non-hydrogen) atoms. The standard InChI is InChI=1S/C12H16BrNO3/c1-10(5-7-13)6-8-17-12-4-2-3-11(9-12)14(15)16/h2-4,9-10H,5-8H2,1H3. The molecule has 0 aliphatic heterocycles. The molecule has 0 aliphatic carbocycles. The van der Waals surface area contributed by atoms with E-state index in [0.29, 0.717) is 18.3 Å². The van der Waals surface area contributed by atoms with Crippen molar-refractivity contribution < 1.29 is 9.66 Å². The highest BCUT2D eigenvalue weighted by Gasteiger charge is 2.07. The number of nitrogens with zero attached hydrogens (tertiary/aromatic N) is 1. The summed E-state index contributed by atoms with van der Waals surface area (Å²) in [5.74, 6) is 1.15. The van der Waals surface area contributed by atoms with Crippen LogP contribution in [0.3, 0.4) is 0 Å². The monoisotopic (exact) mass is 301 g/mol. The van der Waals surface area contributed by atoms with Crippen LogP contribution in [0.2, 0.25) is 0 Å². The molecule has 0 radical (unpaired) electrons. The molecule has 94 valence electrons. The van der Waals surface area contributed by atoms with Crippen molar-refractivity contribution in [3.63, 3.8) is 0 Å². The van der Waals surface area contributed by atoms with Crippen LogP contribution in [0.15, 0.2) is 24.3 Å². The number of ether oxygens (including phenoxy) is 1. The summed E-state index contributed by atoms with van der Waals surface area (Å²) >= 11 is 3.40. The van der Waals surface area contributed by atoms with Gasteiger partial charge in [-0.05, 0) is 24.8 Å². The van der Waals surface area contributed by atoms with Gasteiger partial charge in [0.05, 0.1) is 17.6 Å². The predicted octanol–water partition coefficient (Wildman–Crippen LogP) is 3.78. The number of hydrogen-bond acceptors (Lipinski definition) is 3. The SMILES string of the molecule is CC(CCBr)CCOc1cccc([N+](=O)[O-])c1. The Balaban J connectivity index is 2.41. The van der Waals surface area contributed by atoms with E-state index >= 15 is 0 Å². The Bertz CT molecular complexity index is 371. The lowest BCUT2D eigenvalue weighted by Crippen LogP contribution is -2.04. The summed E-state index contributed by atoms with van der Waals surface area (Å²) in [7, 11) is 0. The molecule has 0 N–H and O–H groups in total.